The summed E-state index contributed by atoms with van der Waals surface area (Å²) < 4.78 is 26.0. The summed E-state index contributed by atoms with van der Waals surface area (Å²) in [5.41, 5.74) is -0.155. The molecule has 0 aromatic heterocycles. The van der Waals surface area contributed by atoms with Crippen molar-refractivity contribution >= 4 is 15.7 Å². The monoisotopic (exact) mass is 272 g/mol. The molecule has 0 aliphatic rings. The van der Waals surface area contributed by atoms with Gasteiger partial charge in [0.15, 0.2) is 0 Å². The summed E-state index contributed by atoms with van der Waals surface area (Å²) in [6, 6.07) is 6.60. The van der Waals surface area contributed by atoms with Gasteiger partial charge in [-0.1, -0.05) is 12.1 Å². The lowest BCUT2D eigenvalue weighted by molar-refractivity contribution is 0.133. The summed E-state index contributed by atoms with van der Waals surface area (Å²) in [5, 5.41) is 12.7. The van der Waals surface area contributed by atoms with Crippen molar-refractivity contribution in [3.63, 3.8) is 0 Å². The predicted molar refractivity (Wildman–Crippen MR) is 72.1 cm³/mol. The summed E-state index contributed by atoms with van der Waals surface area (Å²) in [6.45, 7) is 5.27. The molecule has 0 aliphatic carbocycles. The van der Waals surface area contributed by atoms with Gasteiger partial charge in [-0.2, -0.15) is 0 Å². The van der Waals surface area contributed by atoms with Gasteiger partial charge >= 0.3 is 0 Å². The van der Waals surface area contributed by atoms with Gasteiger partial charge in [0.25, 0.3) is 0 Å². The van der Waals surface area contributed by atoms with E-state index in [0.29, 0.717) is 5.69 Å². The lowest BCUT2D eigenvalue weighted by Gasteiger charge is -2.31. The fourth-order valence-electron chi connectivity index (χ4n) is 1.37. The number of aliphatic hydroxyl groups is 1. The highest BCUT2D eigenvalue weighted by molar-refractivity contribution is 7.89. The largest absolute Gasteiger partial charge is 0.391 e. The number of benzene rings is 1. The molecular weight excluding hydrogens is 252 g/mol. The van der Waals surface area contributed by atoms with Crippen LogP contribution in [-0.2, 0) is 10.0 Å². The molecular formula is C12H20N2O3S. The number of hydrogen-bond acceptors (Lipinski definition) is 4. The summed E-state index contributed by atoms with van der Waals surface area (Å²) in [7, 11) is -2.15. The minimum absolute atomic E-state index is 0.168. The number of aliphatic hydroxyl groups excluding tert-OH is 1. The van der Waals surface area contributed by atoms with Crippen LogP contribution < -0.4 is 10.0 Å². The van der Waals surface area contributed by atoms with Gasteiger partial charge in [-0.05, 0) is 40.0 Å². The molecule has 0 spiro atoms. The van der Waals surface area contributed by atoms with Crippen LogP contribution in [0.4, 0.5) is 5.69 Å². The summed E-state index contributed by atoms with van der Waals surface area (Å²) >= 11 is 0. The zero-order chi connectivity index (χ0) is 14.0. The molecule has 0 heterocycles. The van der Waals surface area contributed by atoms with E-state index < -0.39 is 21.7 Å². The van der Waals surface area contributed by atoms with Gasteiger partial charge in [-0.3, -0.25) is 0 Å². The van der Waals surface area contributed by atoms with Crippen LogP contribution in [0.1, 0.15) is 20.8 Å². The van der Waals surface area contributed by atoms with Crippen LogP contribution in [0.2, 0.25) is 0 Å². The lowest BCUT2D eigenvalue weighted by atomic mass is 9.98. The van der Waals surface area contributed by atoms with E-state index in [4.69, 9.17) is 0 Å². The van der Waals surface area contributed by atoms with E-state index in [-0.39, 0.29) is 4.90 Å². The standard InChI is InChI=1S/C12H20N2O3S/c1-9(15)12(2,3)14-10-7-5-6-8-11(10)18(16,17)13-4/h5-9,13-15H,1-4H3. The zero-order valence-corrected chi connectivity index (χ0v) is 11.9. The Morgan fingerprint density at radius 1 is 1.28 bits per heavy atom. The van der Waals surface area contributed by atoms with E-state index in [9.17, 15) is 13.5 Å². The first-order valence-corrected chi connectivity index (χ1v) is 7.18. The Bertz CT molecular complexity index is 510. The van der Waals surface area contributed by atoms with Crippen LogP contribution in [0.25, 0.3) is 0 Å². The maximum absolute atomic E-state index is 11.9. The van der Waals surface area contributed by atoms with Crippen molar-refractivity contribution in [1.29, 1.82) is 0 Å². The molecule has 0 amide bonds. The first-order chi connectivity index (χ1) is 8.20. The molecule has 18 heavy (non-hydrogen) atoms. The fourth-order valence-corrected chi connectivity index (χ4v) is 2.25. The lowest BCUT2D eigenvalue weighted by Crippen LogP contribution is -2.42. The summed E-state index contributed by atoms with van der Waals surface area (Å²) in [5.74, 6) is 0. The Labute approximate surface area is 108 Å². The number of sulfonamides is 1. The molecule has 1 aromatic rings. The quantitative estimate of drug-likeness (QED) is 0.752. The van der Waals surface area contributed by atoms with Crippen molar-refractivity contribution in [2.24, 2.45) is 0 Å². The SMILES string of the molecule is CNS(=O)(=O)c1ccccc1NC(C)(C)C(C)O. The minimum atomic E-state index is -3.52. The maximum atomic E-state index is 11.9. The van der Waals surface area contributed by atoms with Crippen molar-refractivity contribution in [3.8, 4) is 0 Å². The highest BCUT2D eigenvalue weighted by Crippen LogP contribution is 2.25. The molecule has 1 rings (SSSR count). The Morgan fingerprint density at radius 2 is 1.83 bits per heavy atom. The van der Waals surface area contributed by atoms with E-state index in [0.717, 1.165) is 0 Å². The molecule has 3 N–H and O–H groups in total. The Hall–Kier alpha value is -1.11. The molecule has 0 saturated heterocycles. The number of anilines is 1. The molecule has 0 radical (unpaired) electrons. The van der Waals surface area contributed by atoms with Gasteiger partial charge in [0.1, 0.15) is 4.90 Å². The van der Waals surface area contributed by atoms with Gasteiger partial charge in [-0.15, -0.1) is 0 Å². The number of nitrogens with one attached hydrogen (secondary N) is 2. The fraction of sp³-hybridized carbons (Fsp3) is 0.500. The van der Waals surface area contributed by atoms with Crippen LogP contribution in [0.15, 0.2) is 29.2 Å². The number of rotatable bonds is 5. The molecule has 1 aromatic carbocycles. The van der Waals surface area contributed by atoms with Crippen LogP contribution in [0.3, 0.4) is 0 Å². The molecule has 6 heteroatoms. The number of hydrogen-bond donors (Lipinski definition) is 3. The molecule has 1 unspecified atom stereocenters. The van der Waals surface area contributed by atoms with E-state index >= 15 is 0 Å². The van der Waals surface area contributed by atoms with Crippen molar-refractivity contribution in [1.82, 2.24) is 4.72 Å². The van der Waals surface area contributed by atoms with E-state index in [1.165, 1.54) is 13.1 Å². The van der Waals surface area contributed by atoms with Gasteiger partial charge in [0.05, 0.1) is 17.3 Å². The number of para-hydroxylation sites is 1. The summed E-state index contributed by atoms with van der Waals surface area (Å²) in [4.78, 5) is 0.168. The van der Waals surface area contributed by atoms with Crippen LogP contribution in [0.5, 0.6) is 0 Å². The van der Waals surface area contributed by atoms with Crippen molar-refractivity contribution in [3.05, 3.63) is 24.3 Å². The van der Waals surface area contributed by atoms with Gasteiger partial charge in [0, 0.05) is 0 Å². The normalized spacial score (nSPS) is 14.3. The molecule has 0 saturated carbocycles. The second-order valence-corrected chi connectivity index (χ2v) is 6.58. The van der Waals surface area contributed by atoms with E-state index in [2.05, 4.69) is 10.0 Å². The average Bonchev–Trinajstić information content (AvgIpc) is 2.29. The van der Waals surface area contributed by atoms with Crippen LogP contribution in [-0.4, -0.2) is 32.2 Å². The predicted octanol–water partition coefficient (Wildman–Crippen LogP) is 1.17. The molecule has 0 fully saturated rings. The van der Waals surface area contributed by atoms with Crippen molar-refractivity contribution < 1.29 is 13.5 Å². The second-order valence-electron chi connectivity index (χ2n) is 4.73. The van der Waals surface area contributed by atoms with Crippen LogP contribution in [0, 0.1) is 0 Å². The summed E-state index contributed by atoms with van der Waals surface area (Å²) in [6.07, 6.45) is -0.622. The zero-order valence-electron chi connectivity index (χ0n) is 11.1. The van der Waals surface area contributed by atoms with Crippen molar-refractivity contribution in [2.45, 2.75) is 37.3 Å². The van der Waals surface area contributed by atoms with Gasteiger partial charge in [-0.25, -0.2) is 13.1 Å². The van der Waals surface area contributed by atoms with Crippen LogP contribution >= 0.6 is 0 Å². The topological polar surface area (TPSA) is 78.4 Å². The third-order valence-corrected chi connectivity index (χ3v) is 4.42. The molecule has 1 atom stereocenters. The highest BCUT2D eigenvalue weighted by atomic mass is 32.2. The molecule has 5 nitrogen and oxygen atoms in total. The third-order valence-electron chi connectivity index (χ3n) is 2.95. The average molecular weight is 272 g/mol. The minimum Gasteiger partial charge on any atom is -0.391 e. The van der Waals surface area contributed by atoms with E-state index in [1.807, 2.05) is 0 Å². The molecule has 0 bridgehead atoms. The van der Waals surface area contributed by atoms with Crippen molar-refractivity contribution in [2.75, 3.05) is 12.4 Å². The van der Waals surface area contributed by atoms with E-state index in [1.54, 1.807) is 39.0 Å². The van der Waals surface area contributed by atoms with Gasteiger partial charge < -0.3 is 10.4 Å². The Balaban J connectivity index is 3.20. The molecule has 0 aliphatic heterocycles. The highest BCUT2D eigenvalue weighted by Gasteiger charge is 2.26. The first-order valence-electron chi connectivity index (χ1n) is 5.69. The maximum Gasteiger partial charge on any atom is 0.242 e. The first kappa shape index (κ1) is 14.9. The second kappa shape index (κ2) is 5.26. The Kier molecular flexibility index (Phi) is 4.37. The smallest absolute Gasteiger partial charge is 0.242 e. The molecule has 102 valence electrons. The van der Waals surface area contributed by atoms with Gasteiger partial charge in [0.2, 0.25) is 10.0 Å². The third kappa shape index (κ3) is 3.22. The Morgan fingerprint density at radius 3 is 2.33 bits per heavy atom.